The number of carbonyl (C=O) groups excluding carboxylic acids is 1. The molecule has 0 spiro atoms. The van der Waals surface area contributed by atoms with Gasteiger partial charge in [-0.05, 0) is 24.3 Å². The van der Waals surface area contributed by atoms with Crippen LogP contribution >= 0.6 is 11.6 Å². The lowest BCUT2D eigenvalue weighted by Crippen LogP contribution is -2.17. The summed E-state index contributed by atoms with van der Waals surface area (Å²) in [6.07, 6.45) is 3.21. The van der Waals surface area contributed by atoms with Gasteiger partial charge in [0.15, 0.2) is 5.65 Å². The third-order valence-electron chi connectivity index (χ3n) is 4.40. The van der Waals surface area contributed by atoms with Gasteiger partial charge < -0.3 is 10.2 Å². The van der Waals surface area contributed by atoms with E-state index in [4.69, 9.17) is 11.6 Å². The van der Waals surface area contributed by atoms with Crippen molar-refractivity contribution in [3.8, 4) is 11.3 Å². The lowest BCUT2D eigenvalue weighted by Gasteiger charge is -2.18. The molecule has 6 nitrogen and oxygen atoms in total. The summed E-state index contributed by atoms with van der Waals surface area (Å²) in [4.78, 5) is 19.2. The van der Waals surface area contributed by atoms with Crippen LogP contribution in [-0.4, -0.2) is 34.6 Å². The highest BCUT2D eigenvalue weighted by Crippen LogP contribution is 2.29. The summed E-state index contributed by atoms with van der Waals surface area (Å²) in [6, 6.07) is 17.1. The van der Waals surface area contributed by atoms with E-state index in [1.54, 1.807) is 22.8 Å². The number of rotatable bonds is 4. The molecule has 28 heavy (non-hydrogen) atoms. The number of aromatic nitrogens is 3. The molecule has 140 valence electrons. The summed E-state index contributed by atoms with van der Waals surface area (Å²) < 4.78 is 1.68. The summed E-state index contributed by atoms with van der Waals surface area (Å²) in [6.45, 7) is 0. The Kier molecular flexibility index (Phi) is 4.71. The number of anilines is 2. The molecule has 0 atom stereocenters. The molecule has 0 aliphatic rings. The smallest absolute Gasteiger partial charge is 0.261 e. The Morgan fingerprint density at radius 3 is 2.64 bits per heavy atom. The van der Waals surface area contributed by atoms with E-state index in [9.17, 15) is 4.79 Å². The number of halogens is 1. The molecule has 0 fully saturated rings. The van der Waals surface area contributed by atoms with Gasteiger partial charge in [-0.2, -0.15) is 5.10 Å². The second-order valence-electron chi connectivity index (χ2n) is 6.50. The number of carbonyl (C=O) groups is 1. The first-order valence-electron chi connectivity index (χ1n) is 8.71. The van der Waals surface area contributed by atoms with Crippen molar-refractivity contribution in [1.29, 1.82) is 0 Å². The number of nitrogens with zero attached hydrogens (tertiary/aromatic N) is 4. The Bertz CT molecular complexity index is 1150. The molecule has 0 saturated carbocycles. The van der Waals surface area contributed by atoms with Gasteiger partial charge in [-0.3, -0.25) is 4.79 Å². The summed E-state index contributed by atoms with van der Waals surface area (Å²) in [5.41, 5.74) is 4.22. The van der Waals surface area contributed by atoms with Crippen molar-refractivity contribution in [3.63, 3.8) is 0 Å². The van der Waals surface area contributed by atoms with E-state index in [2.05, 4.69) is 15.4 Å². The van der Waals surface area contributed by atoms with E-state index in [0.29, 0.717) is 21.9 Å². The number of hydrogen-bond donors (Lipinski definition) is 1. The van der Waals surface area contributed by atoms with Crippen molar-refractivity contribution in [2.75, 3.05) is 24.3 Å². The number of nitrogens with one attached hydrogen (secondary N) is 1. The summed E-state index contributed by atoms with van der Waals surface area (Å²) in [5, 5.41) is 7.86. The van der Waals surface area contributed by atoms with Crippen molar-refractivity contribution in [3.05, 3.63) is 77.6 Å². The molecule has 1 N–H and O–H groups in total. The van der Waals surface area contributed by atoms with Crippen LogP contribution in [-0.2, 0) is 0 Å². The summed E-state index contributed by atoms with van der Waals surface area (Å²) in [5.74, 6) is -0.293. The molecule has 0 aliphatic carbocycles. The molecular weight excluding hydrogens is 374 g/mol. The van der Waals surface area contributed by atoms with Crippen molar-refractivity contribution < 1.29 is 4.79 Å². The van der Waals surface area contributed by atoms with Gasteiger partial charge in [-0.1, -0.05) is 41.9 Å². The molecule has 0 radical (unpaired) electrons. The molecule has 4 aromatic rings. The first-order chi connectivity index (χ1) is 13.5. The fourth-order valence-electron chi connectivity index (χ4n) is 3.07. The Hall–Kier alpha value is -3.38. The minimum atomic E-state index is -0.293. The van der Waals surface area contributed by atoms with Crippen molar-refractivity contribution in [2.45, 2.75) is 0 Å². The summed E-state index contributed by atoms with van der Waals surface area (Å²) in [7, 11) is 3.81. The minimum absolute atomic E-state index is 0.293. The number of fused-ring (bicyclic) bond motifs is 1. The molecule has 0 saturated heterocycles. The largest absolute Gasteiger partial charge is 0.376 e. The zero-order chi connectivity index (χ0) is 19.7. The van der Waals surface area contributed by atoms with Crippen LogP contribution in [0.1, 0.15) is 10.4 Å². The second kappa shape index (κ2) is 7.32. The van der Waals surface area contributed by atoms with E-state index >= 15 is 0 Å². The van der Waals surface area contributed by atoms with Crippen molar-refractivity contribution in [1.82, 2.24) is 14.6 Å². The standard InChI is InChI=1S/C21H18ClN5O/c1-26(2)19-9-8-15(22)12-17(19)25-21(28)16-13-24-27-18(10-11-23-20(16)27)14-6-4-3-5-7-14/h3-13H,1-2H3,(H,25,28). The zero-order valence-electron chi connectivity index (χ0n) is 15.4. The van der Waals surface area contributed by atoms with Crippen LogP contribution < -0.4 is 10.2 Å². The lowest BCUT2D eigenvalue weighted by molar-refractivity contribution is 0.102. The van der Waals surface area contributed by atoms with Crippen LogP contribution in [0.5, 0.6) is 0 Å². The van der Waals surface area contributed by atoms with E-state index in [1.165, 1.54) is 6.20 Å². The topological polar surface area (TPSA) is 62.5 Å². The molecule has 0 bridgehead atoms. The zero-order valence-corrected chi connectivity index (χ0v) is 16.2. The molecule has 0 unspecified atom stereocenters. The number of amides is 1. The van der Waals surface area contributed by atoms with Crippen LogP contribution in [0.25, 0.3) is 16.9 Å². The van der Waals surface area contributed by atoms with Crippen LogP contribution in [0.3, 0.4) is 0 Å². The second-order valence-corrected chi connectivity index (χ2v) is 6.94. The first-order valence-corrected chi connectivity index (χ1v) is 9.09. The van der Waals surface area contributed by atoms with Gasteiger partial charge in [0.2, 0.25) is 0 Å². The molecule has 7 heteroatoms. The molecule has 4 rings (SSSR count). The first kappa shape index (κ1) is 18.0. The maximum atomic E-state index is 13.0. The predicted molar refractivity (Wildman–Crippen MR) is 112 cm³/mol. The van der Waals surface area contributed by atoms with E-state index in [0.717, 1.165) is 16.9 Å². The third kappa shape index (κ3) is 3.30. The number of benzene rings is 2. The van der Waals surface area contributed by atoms with Gasteiger partial charge in [-0.25, -0.2) is 9.50 Å². The molecule has 2 heterocycles. The fraction of sp³-hybridized carbons (Fsp3) is 0.0952. The SMILES string of the molecule is CN(C)c1ccc(Cl)cc1NC(=O)c1cnn2c(-c3ccccc3)ccnc12. The molecular formula is C21H18ClN5O. The molecule has 1 amide bonds. The molecule has 2 aromatic carbocycles. The lowest BCUT2D eigenvalue weighted by atomic mass is 10.1. The van der Waals surface area contributed by atoms with Crippen LogP contribution in [0.15, 0.2) is 67.0 Å². The Morgan fingerprint density at radius 2 is 1.89 bits per heavy atom. The highest BCUT2D eigenvalue weighted by Gasteiger charge is 2.18. The monoisotopic (exact) mass is 391 g/mol. The number of hydrogen-bond acceptors (Lipinski definition) is 4. The van der Waals surface area contributed by atoms with Gasteiger partial charge in [-0.15, -0.1) is 0 Å². The molecule has 0 aliphatic heterocycles. The van der Waals surface area contributed by atoms with Crippen LogP contribution in [0, 0.1) is 0 Å². The average Bonchev–Trinajstić information content (AvgIpc) is 3.13. The Balaban J connectivity index is 1.73. The van der Waals surface area contributed by atoms with Gasteiger partial charge in [0.25, 0.3) is 5.91 Å². The van der Waals surface area contributed by atoms with Crippen molar-refractivity contribution in [2.24, 2.45) is 0 Å². The Morgan fingerprint density at radius 1 is 1.11 bits per heavy atom. The third-order valence-corrected chi connectivity index (χ3v) is 4.64. The predicted octanol–water partition coefficient (Wildman–Crippen LogP) is 4.37. The summed E-state index contributed by atoms with van der Waals surface area (Å²) >= 11 is 6.11. The van der Waals surface area contributed by atoms with E-state index < -0.39 is 0 Å². The normalized spacial score (nSPS) is 10.8. The van der Waals surface area contributed by atoms with Crippen LogP contribution in [0.2, 0.25) is 5.02 Å². The van der Waals surface area contributed by atoms with Crippen LogP contribution in [0.4, 0.5) is 11.4 Å². The van der Waals surface area contributed by atoms with E-state index in [1.807, 2.05) is 61.5 Å². The average molecular weight is 392 g/mol. The maximum Gasteiger partial charge on any atom is 0.261 e. The van der Waals surface area contributed by atoms with Gasteiger partial charge >= 0.3 is 0 Å². The minimum Gasteiger partial charge on any atom is -0.376 e. The maximum absolute atomic E-state index is 13.0. The fourth-order valence-corrected chi connectivity index (χ4v) is 3.24. The van der Waals surface area contributed by atoms with Gasteiger partial charge in [0.05, 0.1) is 23.3 Å². The van der Waals surface area contributed by atoms with Gasteiger partial charge in [0.1, 0.15) is 5.56 Å². The quantitative estimate of drug-likeness (QED) is 0.561. The highest BCUT2D eigenvalue weighted by atomic mass is 35.5. The molecule has 2 aromatic heterocycles. The van der Waals surface area contributed by atoms with Gasteiger partial charge in [0, 0.05) is 30.9 Å². The van der Waals surface area contributed by atoms with Crippen molar-refractivity contribution >= 4 is 34.5 Å². The van der Waals surface area contributed by atoms with E-state index in [-0.39, 0.29) is 5.91 Å². The Labute approximate surface area is 167 Å². The highest BCUT2D eigenvalue weighted by molar-refractivity contribution is 6.31.